The van der Waals surface area contributed by atoms with Crippen molar-refractivity contribution >= 4 is 0 Å². The fraction of sp³-hybridized carbons (Fsp3) is 0.700. The Morgan fingerprint density at radius 2 is 2.00 bits per heavy atom. The third-order valence-corrected chi connectivity index (χ3v) is 2.44. The van der Waals surface area contributed by atoms with E-state index in [4.69, 9.17) is 0 Å². The molecule has 3 nitrogen and oxygen atoms in total. The quantitative estimate of drug-likeness (QED) is 0.703. The Morgan fingerprint density at radius 1 is 1.38 bits per heavy atom. The molecule has 0 spiro atoms. The lowest BCUT2D eigenvalue weighted by molar-refractivity contribution is 0.291. The minimum absolute atomic E-state index is 0.967. The Balaban J connectivity index is 2.62. The van der Waals surface area contributed by atoms with Crippen molar-refractivity contribution in [2.75, 3.05) is 13.1 Å². The van der Waals surface area contributed by atoms with Crippen molar-refractivity contribution in [2.24, 2.45) is 7.05 Å². The van der Waals surface area contributed by atoms with Gasteiger partial charge in [0, 0.05) is 19.3 Å². The highest BCUT2D eigenvalue weighted by atomic mass is 15.3. The fourth-order valence-corrected chi connectivity index (χ4v) is 1.39. The monoisotopic (exact) mass is 181 g/mol. The number of aromatic nitrogens is 2. The van der Waals surface area contributed by atoms with Crippen LogP contribution < -0.4 is 0 Å². The maximum atomic E-state index is 4.42. The topological polar surface area (TPSA) is 21.1 Å². The van der Waals surface area contributed by atoms with Crippen LogP contribution in [0.4, 0.5) is 0 Å². The summed E-state index contributed by atoms with van der Waals surface area (Å²) in [6.07, 6.45) is 0. The summed E-state index contributed by atoms with van der Waals surface area (Å²) >= 11 is 0. The van der Waals surface area contributed by atoms with E-state index in [1.54, 1.807) is 0 Å². The zero-order valence-electron chi connectivity index (χ0n) is 9.04. The summed E-state index contributed by atoms with van der Waals surface area (Å²) in [6, 6.07) is 2.15. The molecule has 1 rings (SSSR count). The molecule has 1 aromatic heterocycles. The molecule has 13 heavy (non-hydrogen) atoms. The molecule has 0 atom stereocenters. The molecule has 0 N–H and O–H groups in total. The van der Waals surface area contributed by atoms with E-state index in [2.05, 4.69) is 36.8 Å². The van der Waals surface area contributed by atoms with Gasteiger partial charge in [-0.2, -0.15) is 5.10 Å². The second kappa shape index (κ2) is 4.42. The van der Waals surface area contributed by atoms with Gasteiger partial charge < -0.3 is 0 Å². The Morgan fingerprint density at radius 3 is 2.38 bits per heavy atom. The van der Waals surface area contributed by atoms with Crippen molar-refractivity contribution in [2.45, 2.75) is 27.3 Å². The van der Waals surface area contributed by atoms with E-state index in [1.807, 2.05) is 11.7 Å². The van der Waals surface area contributed by atoms with E-state index < -0.39 is 0 Å². The summed E-state index contributed by atoms with van der Waals surface area (Å²) in [5, 5.41) is 4.42. The molecule has 0 amide bonds. The van der Waals surface area contributed by atoms with E-state index in [0.29, 0.717) is 0 Å². The molecule has 0 aliphatic rings. The minimum Gasteiger partial charge on any atom is -0.298 e. The molecular weight excluding hydrogens is 162 g/mol. The highest BCUT2D eigenvalue weighted by molar-refractivity contribution is 5.08. The number of hydrogen-bond donors (Lipinski definition) is 0. The molecule has 0 aromatic carbocycles. The lowest BCUT2D eigenvalue weighted by atomic mass is 10.3. The standard InChI is InChI=1S/C10H19N3/c1-5-13(6-2)8-10-7-9(3)12(4)11-10/h7H,5-6,8H2,1-4H3. The minimum atomic E-state index is 0.967. The van der Waals surface area contributed by atoms with Gasteiger partial charge in [-0.25, -0.2) is 0 Å². The van der Waals surface area contributed by atoms with Crippen LogP contribution >= 0.6 is 0 Å². The molecule has 0 aliphatic carbocycles. The first kappa shape index (κ1) is 10.3. The second-order valence-corrected chi connectivity index (χ2v) is 3.36. The van der Waals surface area contributed by atoms with E-state index in [-0.39, 0.29) is 0 Å². The average molecular weight is 181 g/mol. The maximum Gasteiger partial charge on any atom is 0.0767 e. The first-order valence-electron chi connectivity index (χ1n) is 4.89. The van der Waals surface area contributed by atoms with Gasteiger partial charge in [-0.15, -0.1) is 0 Å². The van der Waals surface area contributed by atoms with Crippen LogP contribution in [-0.2, 0) is 13.6 Å². The lowest BCUT2D eigenvalue weighted by Crippen LogP contribution is -2.22. The third-order valence-electron chi connectivity index (χ3n) is 2.44. The number of hydrogen-bond acceptors (Lipinski definition) is 2. The molecule has 1 heterocycles. The molecule has 3 heteroatoms. The molecule has 0 bridgehead atoms. The van der Waals surface area contributed by atoms with E-state index >= 15 is 0 Å². The van der Waals surface area contributed by atoms with Crippen LogP contribution in [0.3, 0.4) is 0 Å². The van der Waals surface area contributed by atoms with Crippen LogP contribution in [0.2, 0.25) is 0 Å². The van der Waals surface area contributed by atoms with E-state index in [9.17, 15) is 0 Å². The summed E-state index contributed by atoms with van der Waals surface area (Å²) in [4.78, 5) is 2.36. The molecule has 1 aromatic rings. The third kappa shape index (κ3) is 2.56. The lowest BCUT2D eigenvalue weighted by Gasteiger charge is -2.15. The Labute approximate surface area is 80.4 Å². The Hall–Kier alpha value is -0.830. The van der Waals surface area contributed by atoms with Crippen LogP contribution in [0.15, 0.2) is 6.07 Å². The molecule has 0 radical (unpaired) electrons. The summed E-state index contributed by atoms with van der Waals surface area (Å²) in [5.74, 6) is 0. The van der Waals surface area contributed by atoms with Crippen molar-refractivity contribution in [3.63, 3.8) is 0 Å². The molecule has 0 saturated heterocycles. The van der Waals surface area contributed by atoms with Crippen LogP contribution in [0.1, 0.15) is 25.2 Å². The van der Waals surface area contributed by atoms with Crippen LogP contribution in [0.5, 0.6) is 0 Å². The zero-order valence-corrected chi connectivity index (χ0v) is 9.04. The van der Waals surface area contributed by atoms with Gasteiger partial charge >= 0.3 is 0 Å². The highest BCUT2D eigenvalue weighted by Gasteiger charge is 2.04. The summed E-state index contributed by atoms with van der Waals surface area (Å²) < 4.78 is 1.93. The van der Waals surface area contributed by atoms with Gasteiger partial charge in [-0.05, 0) is 26.1 Å². The first-order valence-corrected chi connectivity index (χ1v) is 4.89. The smallest absolute Gasteiger partial charge is 0.0767 e. The van der Waals surface area contributed by atoms with Gasteiger partial charge in [0.2, 0.25) is 0 Å². The predicted octanol–water partition coefficient (Wildman–Crippen LogP) is 1.57. The van der Waals surface area contributed by atoms with Gasteiger partial charge in [-0.1, -0.05) is 13.8 Å². The second-order valence-electron chi connectivity index (χ2n) is 3.36. The first-order chi connectivity index (χ1) is 6.17. The van der Waals surface area contributed by atoms with Crippen molar-refractivity contribution < 1.29 is 0 Å². The van der Waals surface area contributed by atoms with Crippen LogP contribution in [0.25, 0.3) is 0 Å². The summed E-state index contributed by atoms with van der Waals surface area (Å²) in [7, 11) is 1.99. The normalized spacial score (nSPS) is 11.2. The number of aryl methyl sites for hydroxylation is 2. The average Bonchev–Trinajstić information content (AvgIpc) is 2.42. The highest BCUT2D eigenvalue weighted by Crippen LogP contribution is 2.04. The van der Waals surface area contributed by atoms with Crippen molar-refractivity contribution in [3.05, 3.63) is 17.5 Å². The van der Waals surface area contributed by atoms with Gasteiger partial charge in [-0.3, -0.25) is 9.58 Å². The van der Waals surface area contributed by atoms with Crippen molar-refractivity contribution in [1.29, 1.82) is 0 Å². The van der Waals surface area contributed by atoms with Crippen LogP contribution in [-0.4, -0.2) is 27.8 Å². The van der Waals surface area contributed by atoms with Crippen molar-refractivity contribution in [3.8, 4) is 0 Å². The summed E-state index contributed by atoms with van der Waals surface area (Å²) in [6.45, 7) is 9.59. The van der Waals surface area contributed by atoms with Gasteiger partial charge in [0.25, 0.3) is 0 Å². The Bertz CT molecular complexity index is 242. The SMILES string of the molecule is CCN(CC)Cc1cc(C)n(C)n1. The van der Waals surface area contributed by atoms with Gasteiger partial charge in [0.1, 0.15) is 0 Å². The van der Waals surface area contributed by atoms with E-state index in [0.717, 1.165) is 19.6 Å². The van der Waals surface area contributed by atoms with Crippen LogP contribution in [0, 0.1) is 6.92 Å². The predicted molar refractivity (Wildman–Crippen MR) is 54.6 cm³/mol. The zero-order chi connectivity index (χ0) is 9.84. The fourth-order valence-electron chi connectivity index (χ4n) is 1.39. The maximum absolute atomic E-state index is 4.42. The van der Waals surface area contributed by atoms with Gasteiger partial charge in [0.05, 0.1) is 5.69 Å². The largest absolute Gasteiger partial charge is 0.298 e. The molecule has 74 valence electrons. The van der Waals surface area contributed by atoms with Crippen molar-refractivity contribution in [1.82, 2.24) is 14.7 Å². The Kier molecular flexibility index (Phi) is 3.48. The molecular formula is C10H19N3. The van der Waals surface area contributed by atoms with Gasteiger partial charge in [0.15, 0.2) is 0 Å². The molecule has 0 saturated carbocycles. The van der Waals surface area contributed by atoms with E-state index in [1.165, 1.54) is 11.4 Å². The molecule has 0 aliphatic heterocycles. The summed E-state index contributed by atoms with van der Waals surface area (Å²) in [5.41, 5.74) is 2.39. The molecule has 0 fully saturated rings. The number of rotatable bonds is 4. The molecule has 0 unspecified atom stereocenters. The number of nitrogens with zero attached hydrogens (tertiary/aromatic N) is 3.